The summed E-state index contributed by atoms with van der Waals surface area (Å²) in [6, 6.07) is 28.1. The molecule has 0 saturated heterocycles. The summed E-state index contributed by atoms with van der Waals surface area (Å²) in [4.78, 5) is 18.8. The number of hydrogen-bond donors (Lipinski definition) is 0. The second-order valence-corrected chi connectivity index (χ2v) is 15.4. The molecule has 0 unspecified atom stereocenters. The quantitative estimate of drug-likeness (QED) is 0.124. The molecule has 0 fully saturated rings. The van der Waals surface area contributed by atoms with Gasteiger partial charge in [-0.05, 0) is 134 Å². The van der Waals surface area contributed by atoms with Crippen LogP contribution < -0.4 is 28.4 Å². The van der Waals surface area contributed by atoms with Crippen molar-refractivity contribution in [3.05, 3.63) is 129 Å². The Hall–Kier alpha value is -5.51. The van der Waals surface area contributed by atoms with Crippen LogP contribution in [0.2, 0.25) is 0 Å². The second kappa shape index (κ2) is 15.6. The zero-order chi connectivity index (χ0) is 39.1. The fraction of sp³-hybridized carbons (Fsp3) is 0.340. The van der Waals surface area contributed by atoms with Gasteiger partial charge in [0.2, 0.25) is 5.75 Å². The molecule has 4 heterocycles. The SMILES string of the molecule is COc1ccc2cc1Oc1ccc(cc1)C[C@H]1c3cc(c(OC)cc3CCN1C)Oc1c(OC(=O)c3ccc(C(C)C)cc3)c(OC)cc3c1[C@H](C2)N(C)CC3. The first-order valence-corrected chi connectivity index (χ1v) is 19.4. The van der Waals surface area contributed by atoms with Crippen LogP contribution in [0.3, 0.4) is 0 Å². The molecule has 290 valence electrons. The first-order chi connectivity index (χ1) is 27.1. The van der Waals surface area contributed by atoms with Crippen LogP contribution >= 0.6 is 0 Å². The van der Waals surface area contributed by atoms with Gasteiger partial charge in [0.05, 0.1) is 26.9 Å². The Morgan fingerprint density at radius 1 is 0.679 bits per heavy atom. The van der Waals surface area contributed by atoms with Gasteiger partial charge in [-0.25, -0.2) is 4.79 Å². The van der Waals surface area contributed by atoms with Crippen molar-refractivity contribution < 1.29 is 33.2 Å². The van der Waals surface area contributed by atoms with Gasteiger partial charge in [-0.15, -0.1) is 0 Å². The van der Waals surface area contributed by atoms with Gasteiger partial charge in [0, 0.05) is 30.7 Å². The van der Waals surface area contributed by atoms with Crippen molar-refractivity contribution in [2.75, 3.05) is 48.5 Å². The number of benzene rings is 5. The highest BCUT2D eigenvalue weighted by atomic mass is 16.6. The van der Waals surface area contributed by atoms with E-state index in [1.54, 1.807) is 21.3 Å². The van der Waals surface area contributed by atoms with Crippen LogP contribution in [0.4, 0.5) is 0 Å². The number of rotatable bonds is 6. The van der Waals surface area contributed by atoms with E-state index in [1.165, 1.54) is 16.7 Å². The molecule has 4 aliphatic heterocycles. The molecule has 0 saturated carbocycles. The van der Waals surface area contributed by atoms with Crippen molar-refractivity contribution in [2.24, 2.45) is 0 Å². The summed E-state index contributed by atoms with van der Waals surface area (Å²) in [5, 5.41) is 0. The topological polar surface area (TPSA) is 78.9 Å². The molecule has 0 spiro atoms. The third-order valence-corrected chi connectivity index (χ3v) is 11.7. The van der Waals surface area contributed by atoms with E-state index in [0.717, 1.165) is 60.4 Å². The van der Waals surface area contributed by atoms with Crippen LogP contribution in [0, 0.1) is 0 Å². The molecule has 4 aliphatic rings. The van der Waals surface area contributed by atoms with Crippen LogP contribution in [0.1, 0.15) is 81.2 Å². The Balaban J connectivity index is 1.34. The van der Waals surface area contributed by atoms with Crippen molar-refractivity contribution in [3.63, 3.8) is 0 Å². The summed E-state index contributed by atoms with van der Waals surface area (Å²) < 4.78 is 37.9. The Kier molecular flexibility index (Phi) is 10.4. The van der Waals surface area contributed by atoms with Crippen LogP contribution in [0.15, 0.2) is 84.9 Å². The van der Waals surface area contributed by atoms with Crippen molar-refractivity contribution >= 4 is 5.97 Å². The molecule has 0 N–H and O–H groups in total. The molecule has 9 nitrogen and oxygen atoms in total. The molecule has 9 rings (SSSR count). The molecule has 0 amide bonds. The number of carbonyl (C=O) groups excluding carboxylic acids is 1. The number of ether oxygens (including phenoxy) is 6. The number of carbonyl (C=O) groups is 1. The lowest BCUT2D eigenvalue weighted by Crippen LogP contribution is -2.34. The summed E-state index contributed by atoms with van der Waals surface area (Å²) in [7, 11) is 9.22. The van der Waals surface area contributed by atoms with Gasteiger partial charge in [0.15, 0.2) is 34.5 Å². The largest absolute Gasteiger partial charge is 0.493 e. The molecule has 5 aromatic carbocycles. The number of likely N-dealkylation sites (N-methyl/N-ethyl adjacent to an activating group) is 2. The highest BCUT2D eigenvalue weighted by Gasteiger charge is 2.36. The van der Waals surface area contributed by atoms with Crippen LogP contribution in [0.25, 0.3) is 0 Å². The van der Waals surface area contributed by atoms with E-state index in [4.69, 9.17) is 28.4 Å². The number of hydrogen-bond acceptors (Lipinski definition) is 9. The molecular formula is C47H50N2O7. The third-order valence-electron chi connectivity index (χ3n) is 11.7. The molecule has 5 aromatic rings. The molecule has 9 heteroatoms. The first kappa shape index (κ1) is 37.4. The fourth-order valence-electron chi connectivity index (χ4n) is 8.33. The zero-order valence-corrected chi connectivity index (χ0v) is 33.3. The maximum absolute atomic E-state index is 14.1. The molecule has 0 aromatic heterocycles. The van der Waals surface area contributed by atoms with E-state index in [2.05, 4.69) is 74.1 Å². The van der Waals surface area contributed by atoms with Gasteiger partial charge in [-0.3, -0.25) is 9.80 Å². The number of methoxy groups -OCH3 is 3. The van der Waals surface area contributed by atoms with E-state index in [1.807, 2.05) is 48.5 Å². The third kappa shape index (κ3) is 7.17. The van der Waals surface area contributed by atoms with Crippen LogP contribution in [-0.2, 0) is 25.7 Å². The van der Waals surface area contributed by atoms with E-state index in [-0.39, 0.29) is 17.8 Å². The summed E-state index contributed by atoms with van der Waals surface area (Å²) in [6.07, 6.45) is 3.03. The molecule has 6 bridgehead atoms. The number of fused-ring (bicyclic) bond motifs is 2. The predicted octanol–water partition coefficient (Wildman–Crippen LogP) is 9.50. The minimum absolute atomic E-state index is 0.0821. The van der Waals surface area contributed by atoms with Crippen molar-refractivity contribution in [3.8, 4) is 46.0 Å². The Morgan fingerprint density at radius 2 is 1.30 bits per heavy atom. The normalized spacial score (nSPS) is 17.9. The van der Waals surface area contributed by atoms with E-state index >= 15 is 0 Å². The van der Waals surface area contributed by atoms with Gasteiger partial charge in [0.1, 0.15) is 5.75 Å². The highest BCUT2D eigenvalue weighted by Crippen LogP contribution is 2.52. The van der Waals surface area contributed by atoms with Gasteiger partial charge in [-0.1, -0.05) is 44.2 Å². The molecular weight excluding hydrogens is 705 g/mol. The second-order valence-electron chi connectivity index (χ2n) is 15.4. The maximum Gasteiger partial charge on any atom is 0.343 e. The van der Waals surface area contributed by atoms with Crippen LogP contribution in [0.5, 0.6) is 46.0 Å². The lowest BCUT2D eigenvalue weighted by molar-refractivity contribution is 0.0724. The summed E-state index contributed by atoms with van der Waals surface area (Å²) in [6.45, 7) is 5.97. The smallest absolute Gasteiger partial charge is 0.343 e. The van der Waals surface area contributed by atoms with Gasteiger partial charge >= 0.3 is 5.97 Å². The summed E-state index contributed by atoms with van der Waals surface area (Å²) in [5.74, 6) is 4.10. The minimum atomic E-state index is -0.500. The predicted molar refractivity (Wildman–Crippen MR) is 217 cm³/mol. The molecule has 56 heavy (non-hydrogen) atoms. The first-order valence-electron chi connectivity index (χ1n) is 19.4. The average molecular weight is 755 g/mol. The van der Waals surface area contributed by atoms with E-state index in [9.17, 15) is 4.79 Å². The van der Waals surface area contributed by atoms with E-state index in [0.29, 0.717) is 52.4 Å². The summed E-state index contributed by atoms with van der Waals surface area (Å²) >= 11 is 0. The van der Waals surface area contributed by atoms with Gasteiger partial charge in [-0.2, -0.15) is 0 Å². The summed E-state index contributed by atoms with van der Waals surface area (Å²) in [5.41, 5.74) is 8.20. The van der Waals surface area contributed by atoms with E-state index < -0.39 is 5.97 Å². The lowest BCUT2D eigenvalue weighted by atomic mass is 9.87. The molecule has 2 atom stereocenters. The minimum Gasteiger partial charge on any atom is -0.493 e. The van der Waals surface area contributed by atoms with Gasteiger partial charge < -0.3 is 28.4 Å². The molecule has 0 radical (unpaired) electrons. The Morgan fingerprint density at radius 3 is 2.00 bits per heavy atom. The number of esters is 1. The maximum atomic E-state index is 14.1. The monoisotopic (exact) mass is 754 g/mol. The standard InChI is InChI=1S/C47H50N2O7/c1-28(2)31-11-13-32(14-12-31)47(50)56-45-43(53-7)26-34-19-21-49(4)38-23-30-10-17-39(51-5)41(24-30)54-35-15-8-29(9-16-35)22-37-36-27-42(55-46(45)44(34)38)40(52-6)25-33(36)18-20-48(37)3/h8-17,24-28,37-38H,18-23H2,1-7H3/t37-,38-/m0/s1. The van der Waals surface area contributed by atoms with Crippen molar-refractivity contribution in [1.29, 1.82) is 0 Å². The highest BCUT2D eigenvalue weighted by molar-refractivity contribution is 5.92. The number of nitrogens with zero attached hydrogens (tertiary/aromatic N) is 2. The molecule has 0 aliphatic carbocycles. The fourth-order valence-corrected chi connectivity index (χ4v) is 8.33. The lowest BCUT2D eigenvalue weighted by Gasteiger charge is -2.37. The zero-order valence-electron chi connectivity index (χ0n) is 33.3. The van der Waals surface area contributed by atoms with Crippen LogP contribution in [-0.4, -0.2) is 64.3 Å². The van der Waals surface area contributed by atoms with Crippen molar-refractivity contribution in [2.45, 2.75) is 57.5 Å². The Bertz CT molecular complexity index is 2250. The van der Waals surface area contributed by atoms with Gasteiger partial charge in [0.25, 0.3) is 0 Å². The van der Waals surface area contributed by atoms with Crippen molar-refractivity contribution in [1.82, 2.24) is 9.80 Å². The Labute approximate surface area is 329 Å². The average Bonchev–Trinajstić information content (AvgIpc) is 3.21.